The Morgan fingerprint density at radius 3 is 2.33 bits per heavy atom. The number of carbonyl (C=O) groups is 1. The number of hydrogen-bond donors (Lipinski definition) is 0. The number of carbonyl (C=O) groups excluding carboxylic acids is 1. The highest BCUT2D eigenvalue weighted by Gasteiger charge is 2.04. The summed E-state index contributed by atoms with van der Waals surface area (Å²) >= 11 is 0. The minimum absolute atomic E-state index is 0.138. The molecule has 0 radical (unpaired) electrons. The van der Waals surface area contributed by atoms with Crippen LogP contribution in [0.4, 0.5) is 0 Å². The van der Waals surface area contributed by atoms with E-state index >= 15 is 0 Å². The minimum atomic E-state index is -0.138. The lowest BCUT2D eigenvalue weighted by Gasteiger charge is -2.04. The molecule has 0 aromatic heterocycles. The molecule has 0 amide bonds. The summed E-state index contributed by atoms with van der Waals surface area (Å²) in [6.45, 7) is 7.64. The molecule has 0 aromatic rings. The molecule has 3 nitrogen and oxygen atoms in total. The van der Waals surface area contributed by atoms with E-state index < -0.39 is 0 Å². The van der Waals surface area contributed by atoms with Gasteiger partial charge in [-0.1, -0.05) is 46.0 Å². The van der Waals surface area contributed by atoms with E-state index in [9.17, 15) is 4.79 Å². The summed E-state index contributed by atoms with van der Waals surface area (Å²) in [7, 11) is 0. The molecule has 0 N–H and O–H groups in total. The van der Waals surface area contributed by atoms with Crippen molar-refractivity contribution >= 4 is 11.7 Å². The smallest absolute Gasteiger partial charge is 0.311 e. The average Bonchev–Trinajstić information content (AvgIpc) is 2.34. The quantitative estimate of drug-likeness (QED) is 0.316. The van der Waals surface area contributed by atoms with E-state index in [1.165, 1.54) is 19.3 Å². The van der Waals surface area contributed by atoms with Crippen molar-refractivity contribution in [1.82, 2.24) is 0 Å². The van der Waals surface area contributed by atoms with E-state index in [2.05, 4.69) is 18.8 Å². The first-order valence-corrected chi connectivity index (χ1v) is 7.36. The van der Waals surface area contributed by atoms with Gasteiger partial charge >= 0.3 is 5.97 Å². The summed E-state index contributed by atoms with van der Waals surface area (Å²) in [6.07, 6.45) is 8.45. The predicted molar refractivity (Wildman–Crippen MR) is 77.2 cm³/mol. The Morgan fingerprint density at radius 2 is 1.67 bits per heavy atom. The largest absolute Gasteiger partial charge is 0.465 e. The second kappa shape index (κ2) is 12.6. The third-order valence-electron chi connectivity index (χ3n) is 2.80. The number of ether oxygens (including phenoxy) is 1. The lowest BCUT2D eigenvalue weighted by Crippen LogP contribution is -2.10. The highest BCUT2D eigenvalue weighted by molar-refractivity contribution is 5.97. The number of esters is 1. The summed E-state index contributed by atoms with van der Waals surface area (Å²) < 4.78 is 5.14. The molecule has 0 atom stereocenters. The van der Waals surface area contributed by atoms with Gasteiger partial charge in [0.2, 0.25) is 0 Å². The van der Waals surface area contributed by atoms with E-state index in [0.29, 0.717) is 13.0 Å². The van der Waals surface area contributed by atoms with Crippen LogP contribution in [0.1, 0.15) is 72.1 Å². The SMILES string of the molecule is CCCCCCN=C(C)CC(=O)OCCCCC. The van der Waals surface area contributed by atoms with Gasteiger partial charge in [-0.05, 0) is 19.8 Å². The third kappa shape index (κ3) is 11.6. The molecule has 0 aliphatic rings. The summed E-state index contributed by atoms with van der Waals surface area (Å²) in [5.41, 5.74) is 0.895. The van der Waals surface area contributed by atoms with E-state index in [4.69, 9.17) is 4.74 Å². The van der Waals surface area contributed by atoms with Crippen LogP contribution in [0.15, 0.2) is 4.99 Å². The van der Waals surface area contributed by atoms with Gasteiger partial charge in [0, 0.05) is 12.3 Å². The fourth-order valence-electron chi connectivity index (χ4n) is 1.66. The molecule has 3 heteroatoms. The molecule has 106 valence electrons. The predicted octanol–water partition coefficient (Wildman–Crippen LogP) is 4.15. The first-order valence-electron chi connectivity index (χ1n) is 7.36. The lowest BCUT2D eigenvalue weighted by molar-refractivity contribution is -0.142. The number of nitrogens with zero attached hydrogens (tertiary/aromatic N) is 1. The molecular formula is C15H29NO2. The minimum Gasteiger partial charge on any atom is -0.465 e. The fourth-order valence-corrected chi connectivity index (χ4v) is 1.66. The Hall–Kier alpha value is -0.860. The maximum Gasteiger partial charge on any atom is 0.311 e. The summed E-state index contributed by atoms with van der Waals surface area (Å²) in [5, 5.41) is 0. The van der Waals surface area contributed by atoms with Gasteiger partial charge in [-0.15, -0.1) is 0 Å². The highest BCUT2D eigenvalue weighted by Crippen LogP contribution is 2.00. The van der Waals surface area contributed by atoms with Crippen LogP contribution in [-0.2, 0) is 9.53 Å². The molecule has 0 spiro atoms. The molecule has 0 unspecified atom stereocenters. The zero-order chi connectivity index (χ0) is 13.6. The Labute approximate surface area is 112 Å². The Bertz CT molecular complexity index is 237. The number of hydrogen-bond acceptors (Lipinski definition) is 3. The summed E-state index contributed by atoms with van der Waals surface area (Å²) in [6, 6.07) is 0. The first kappa shape index (κ1) is 17.1. The molecular weight excluding hydrogens is 226 g/mol. The van der Waals surface area contributed by atoms with Gasteiger partial charge in [0.1, 0.15) is 0 Å². The fraction of sp³-hybridized carbons (Fsp3) is 0.867. The number of rotatable bonds is 11. The van der Waals surface area contributed by atoms with Crippen LogP contribution in [0.2, 0.25) is 0 Å². The normalized spacial score (nSPS) is 11.6. The van der Waals surface area contributed by atoms with Crippen LogP contribution in [-0.4, -0.2) is 24.8 Å². The monoisotopic (exact) mass is 255 g/mol. The molecule has 0 saturated heterocycles. The average molecular weight is 255 g/mol. The van der Waals surface area contributed by atoms with Gasteiger partial charge < -0.3 is 4.74 Å². The zero-order valence-electron chi connectivity index (χ0n) is 12.3. The van der Waals surface area contributed by atoms with Crippen LogP contribution >= 0.6 is 0 Å². The van der Waals surface area contributed by atoms with Crippen LogP contribution in [0.3, 0.4) is 0 Å². The number of aliphatic imine (C=N–C) groups is 1. The van der Waals surface area contributed by atoms with E-state index in [1.54, 1.807) is 0 Å². The van der Waals surface area contributed by atoms with Gasteiger partial charge in [0.15, 0.2) is 0 Å². The van der Waals surface area contributed by atoms with Crippen molar-refractivity contribution in [3.63, 3.8) is 0 Å². The van der Waals surface area contributed by atoms with Crippen LogP contribution in [0, 0.1) is 0 Å². The molecule has 0 rings (SSSR count). The summed E-state index contributed by atoms with van der Waals surface area (Å²) in [5.74, 6) is -0.138. The van der Waals surface area contributed by atoms with Gasteiger partial charge in [0.05, 0.1) is 13.0 Å². The van der Waals surface area contributed by atoms with E-state index in [0.717, 1.165) is 37.9 Å². The molecule has 0 saturated carbocycles. The Morgan fingerprint density at radius 1 is 1.00 bits per heavy atom. The lowest BCUT2D eigenvalue weighted by atomic mass is 10.2. The van der Waals surface area contributed by atoms with Gasteiger partial charge in [0.25, 0.3) is 0 Å². The van der Waals surface area contributed by atoms with Crippen LogP contribution in [0.25, 0.3) is 0 Å². The second-order valence-electron chi connectivity index (χ2n) is 4.78. The maximum atomic E-state index is 11.4. The third-order valence-corrected chi connectivity index (χ3v) is 2.80. The van der Waals surface area contributed by atoms with Crippen LogP contribution < -0.4 is 0 Å². The molecule has 0 aliphatic heterocycles. The molecule has 0 heterocycles. The van der Waals surface area contributed by atoms with Crippen molar-refractivity contribution < 1.29 is 9.53 Å². The molecule has 0 aliphatic carbocycles. The van der Waals surface area contributed by atoms with Crippen molar-refractivity contribution in [2.45, 2.75) is 72.1 Å². The highest BCUT2D eigenvalue weighted by atomic mass is 16.5. The van der Waals surface area contributed by atoms with Crippen molar-refractivity contribution in [3.8, 4) is 0 Å². The van der Waals surface area contributed by atoms with Crippen molar-refractivity contribution in [2.24, 2.45) is 4.99 Å². The van der Waals surface area contributed by atoms with Gasteiger partial charge in [-0.2, -0.15) is 0 Å². The zero-order valence-corrected chi connectivity index (χ0v) is 12.3. The van der Waals surface area contributed by atoms with E-state index in [1.807, 2.05) is 6.92 Å². The molecule has 0 fully saturated rings. The first-order chi connectivity index (χ1) is 8.70. The standard InChI is InChI=1S/C15H29NO2/c1-4-6-8-9-11-16-14(3)13-15(17)18-12-10-7-5-2/h4-13H2,1-3H3. The van der Waals surface area contributed by atoms with Crippen molar-refractivity contribution in [2.75, 3.05) is 13.2 Å². The molecule has 0 bridgehead atoms. The van der Waals surface area contributed by atoms with Crippen molar-refractivity contribution in [1.29, 1.82) is 0 Å². The maximum absolute atomic E-state index is 11.4. The molecule has 18 heavy (non-hydrogen) atoms. The number of unbranched alkanes of at least 4 members (excludes halogenated alkanes) is 5. The second-order valence-corrected chi connectivity index (χ2v) is 4.78. The molecule has 0 aromatic carbocycles. The van der Waals surface area contributed by atoms with Crippen molar-refractivity contribution in [3.05, 3.63) is 0 Å². The van der Waals surface area contributed by atoms with Crippen LogP contribution in [0.5, 0.6) is 0 Å². The Balaban J connectivity index is 3.55. The van der Waals surface area contributed by atoms with E-state index in [-0.39, 0.29) is 5.97 Å². The van der Waals surface area contributed by atoms with Gasteiger partial charge in [-0.3, -0.25) is 9.79 Å². The summed E-state index contributed by atoms with van der Waals surface area (Å²) in [4.78, 5) is 15.8. The Kier molecular flexibility index (Phi) is 12.0. The van der Waals surface area contributed by atoms with Gasteiger partial charge in [-0.25, -0.2) is 0 Å². The topological polar surface area (TPSA) is 38.7 Å².